The summed E-state index contributed by atoms with van der Waals surface area (Å²) in [5, 5.41) is 13.9. The van der Waals surface area contributed by atoms with E-state index in [0.717, 1.165) is 27.9 Å². The first-order chi connectivity index (χ1) is 13.0. The van der Waals surface area contributed by atoms with Gasteiger partial charge in [0.2, 0.25) is 10.1 Å². The Kier molecular flexibility index (Phi) is 4.86. The number of aryl methyl sites for hydroxylation is 1. The SMILES string of the molecule is CN(C)C(CNc1nn2cc(-c3ccc(Cl)cc3)nc2s1)c1cnn(C)c1. The highest BCUT2D eigenvalue weighted by Gasteiger charge is 2.17. The topological polar surface area (TPSA) is 63.3 Å². The van der Waals surface area contributed by atoms with Crippen molar-refractivity contribution in [3.63, 3.8) is 0 Å². The number of halogens is 1. The Labute approximate surface area is 166 Å². The van der Waals surface area contributed by atoms with Crippen molar-refractivity contribution in [2.45, 2.75) is 6.04 Å². The molecule has 4 rings (SSSR count). The Bertz CT molecular complexity index is 1020. The lowest BCUT2D eigenvalue weighted by Gasteiger charge is -2.23. The molecular formula is C18H20ClN7S. The van der Waals surface area contributed by atoms with Crippen LogP contribution < -0.4 is 5.32 Å². The third-order valence-corrected chi connectivity index (χ3v) is 5.49. The molecule has 0 radical (unpaired) electrons. The molecule has 0 aliphatic rings. The zero-order valence-electron chi connectivity index (χ0n) is 15.3. The average Bonchev–Trinajstić information content (AvgIpc) is 3.30. The molecule has 0 fully saturated rings. The number of fused-ring (bicyclic) bond motifs is 1. The minimum absolute atomic E-state index is 0.208. The predicted octanol–water partition coefficient (Wildman–Crippen LogP) is 3.56. The standard InChI is InChI=1S/C18H20ClN7S/c1-24(2)16(13-8-21-25(3)10-13)9-20-17-23-26-11-15(22-18(26)27-17)12-4-6-14(19)7-5-12/h4-8,10-11,16H,9H2,1-3H3,(H,20,23). The molecule has 27 heavy (non-hydrogen) atoms. The molecule has 0 amide bonds. The summed E-state index contributed by atoms with van der Waals surface area (Å²) in [5.74, 6) is 0. The Morgan fingerprint density at radius 2 is 2.00 bits per heavy atom. The number of nitrogens with zero attached hydrogens (tertiary/aromatic N) is 6. The quantitative estimate of drug-likeness (QED) is 0.535. The summed E-state index contributed by atoms with van der Waals surface area (Å²) in [6.07, 6.45) is 5.88. The molecule has 9 heteroatoms. The molecule has 1 atom stereocenters. The fourth-order valence-corrected chi connectivity index (χ4v) is 3.84. The van der Waals surface area contributed by atoms with Crippen molar-refractivity contribution in [1.29, 1.82) is 0 Å². The molecule has 1 aromatic carbocycles. The van der Waals surface area contributed by atoms with Crippen LogP contribution in [0.15, 0.2) is 42.9 Å². The number of imidazole rings is 1. The first kappa shape index (κ1) is 18.0. The summed E-state index contributed by atoms with van der Waals surface area (Å²) in [5.41, 5.74) is 3.08. The number of hydrogen-bond acceptors (Lipinski definition) is 6. The van der Waals surface area contributed by atoms with Gasteiger partial charge in [-0.2, -0.15) is 5.10 Å². The average molecular weight is 402 g/mol. The van der Waals surface area contributed by atoms with E-state index in [1.54, 1.807) is 0 Å². The second-order valence-corrected chi connectivity index (χ2v) is 7.97. The molecule has 3 aromatic heterocycles. The molecule has 0 spiro atoms. The first-order valence-electron chi connectivity index (χ1n) is 8.50. The molecule has 0 saturated carbocycles. The Morgan fingerprint density at radius 1 is 1.22 bits per heavy atom. The molecule has 1 unspecified atom stereocenters. The van der Waals surface area contributed by atoms with Gasteiger partial charge in [-0.25, -0.2) is 9.50 Å². The minimum Gasteiger partial charge on any atom is -0.358 e. The van der Waals surface area contributed by atoms with Gasteiger partial charge in [0.05, 0.1) is 24.1 Å². The second kappa shape index (κ2) is 7.30. The van der Waals surface area contributed by atoms with Crippen molar-refractivity contribution in [3.8, 4) is 11.3 Å². The predicted molar refractivity (Wildman–Crippen MR) is 109 cm³/mol. The van der Waals surface area contributed by atoms with Crippen LogP contribution in [0.3, 0.4) is 0 Å². The maximum absolute atomic E-state index is 5.95. The van der Waals surface area contributed by atoms with E-state index < -0.39 is 0 Å². The number of likely N-dealkylation sites (N-methyl/N-ethyl adjacent to an activating group) is 1. The van der Waals surface area contributed by atoms with Crippen LogP contribution in [0.2, 0.25) is 5.02 Å². The highest BCUT2D eigenvalue weighted by atomic mass is 35.5. The van der Waals surface area contributed by atoms with E-state index in [-0.39, 0.29) is 6.04 Å². The zero-order valence-corrected chi connectivity index (χ0v) is 16.9. The van der Waals surface area contributed by atoms with Crippen molar-refractivity contribution in [2.24, 2.45) is 7.05 Å². The van der Waals surface area contributed by atoms with Crippen LogP contribution in [0.25, 0.3) is 16.2 Å². The smallest absolute Gasteiger partial charge is 0.214 e. The van der Waals surface area contributed by atoms with Crippen LogP contribution in [0, 0.1) is 0 Å². The zero-order chi connectivity index (χ0) is 19.0. The summed E-state index contributed by atoms with van der Waals surface area (Å²) < 4.78 is 3.63. The van der Waals surface area contributed by atoms with Gasteiger partial charge in [-0.3, -0.25) is 4.68 Å². The summed E-state index contributed by atoms with van der Waals surface area (Å²) >= 11 is 7.49. The van der Waals surface area contributed by atoms with Gasteiger partial charge in [0, 0.05) is 35.9 Å². The fraction of sp³-hybridized carbons (Fsp3) is 0.278. The van der Waals surface area contributed by atoms with Crippen molar-refractivity contribution in [2.75, 3.05) is 26.0 Å². The van der Waals surface area contributed by atoms with Gasteiger partial charge in [0.1, 0.15) is 0 Å². The van der Waals surface area contributed by atoms with Crippen molar-refractivity contribution < 1.29 is 0 Å². The van der Waals surface area contributed by atoms with Crippen LogP contribution in [-0.2, 0) is 7.05 Å². The first-order valence-corrected chi connectivity index (χ1v) is 9.70. The fourth-order valence-electron chi connectivity index (χ4n) is 2.93. The maximum Gasteiger partial charge on any atom is 0.214 e. The lowest BCUT2D eigenvalue weighted by molar-refractivity contribution is 0.311. The third-order valence-electron chi connectivity index (χ3n) is 4.36. The van der Waals surface area contributed by atoms with Crippen LogP contribution in [0.1, 0.15) is 11.6 Å². The highest BCUT2D eigenvalue weighted by Crippen LogP contribution is 2.26. The molecule has 0 bridgehead atoms. The summed E-state index contributed by atoms with van der Waals surface area (Å²) in [6, 6.07) is 7.86. The van der Waals surface area contributed by atoms with Gasteiger partial charge in [-0.1, -0.05) is 35.1 Å². The van der Waals surface area contributed by atoms with E-state index >= 15 is 0 Å². The number of hydrogen-bond donors (Lipinski definition) is 1. The van der Waals surface area contributed by atoms with E-state index in [0.29, 0.717) is 5.02 Å². The molecule has 7 nitrogen and oxygen atoms in total. The van der Waals surface area contributed by atoms with Gasteiger partial charge in [0.25, 0.3) is 0 Å². The van der Waals surface area contributed by atoms with Crippen LogP contribution in [0.5, 0.6) is 0 Å². The monoisotopic (exact) mass is 401 g/mol. The van der Waals surface area contributed by atoms with Gasteiger partial charge in [0.15, 0.2) is 0 Å². The lowest BCUT2D eigenvalue weighted by atomic mass is 10.1. The van der Waals surface area contributed by atoms with Crippen LogP contribution in [0.4, 0.5) is 5.13 Å². The van der Waals surface area contributed by atoms with Crippen molar-refractivity contribution in [1.82, 2.24) is 29.3 Å². The summed E-state index contributed by atoms with van der Waals surface area (Å²) in [4.78, 5) is 7.69. The Balaban J connectivity index is 1.49. The van der Waals surface area contributed by atoms with E-state index in [1.165, 1.54) is 16.9 Å². The third kappa shape index (κ3) is 3.83. The van der Waals surface area contributed by atoms with Crippen molar-refractivity contribution >= 4 is 33.0 Å². The molecule has 3 heterocycles. The molecule has 140 valence electrons. The molecule has 0 aliphatic heterocycles. The highest BCUT2D eigenvalue weighted by molar-refractivity contribution is 7.20. The molecular weight excluding hydrogens is 382 g/mol. The number of rotatable bonds is 6. The van der Waals surface area contributed by atoms with Gasteiger partial charge >= 0.3 is 0 Å². The second-order valence-electron chi connectivity index (χ2n) is 6.58. The minimum atomic E-state index is 0.208. The lowest BCUT2D eigenvalue weighted by Crippen LogP contribution is -2.26. The van der Waals surface area contributed by atoms with Gasteiger partial charge in [-0.05, 0) is 26.2 Å². The summed E-state index contributed by atoms with van der Waals surface area (Å²) in [6.45, 7) is 0.736. The number of aromatic nitrogens is 5. The van der Waals surface area contributed by atoms with E-state index in [9.17, 15) is 0 Å². The van der Waals surface area contributed by atoms with Gasteiger partial charge in [-0.15, -0.1) is 5.10 Å². The van der Waals surface area contributed by atoms with Crippen LogP contribution in [-0.4, -0.2) is 49.9 Å². The maximum atomic E-state index is 5.95. The molecule has 0 saturated heterocycles. The number of nitrogens with one attached hydrogen (secondary N) is 1. The number of anilines is 1. The Hall–Kier alpha value is -2.42. The molecule has 1 N–H and O–H groups in total. The number of benzene rings is 1. The normalized spacial score (nSPS) is 12.8. The molecule has 0 aliphatic carbocycles. The molecule has 4 aromatic rings. The Morgan fingerprint density at radius 3 is 2.63 bits per heavy atom. The van der Waals surface area contributed by atoms with E-state index in [4.69, 9.17) is 11.6 Å². The van der Waals surface area contributed by atoms with E-state index in [2.05, 4.69) is 39.5 Å². The van der Waals surface area contributed by atoms with Crippen molar-refractivity contribution in [3.05, 3.63) is 53.4 Å². The van der Waals surface area contributed by atoms with Gasteiger partial charge < -0.3 is 10.2 Å². The summed E-state index contributed by atoms with van der Waals surface area (Å²) in [7, 11) is 6.05. The van der Waals surface area contributed by atoms with Crippen LogP contribution >= 0.6 is 22.9 Å². The van der Waals surface area contributed by atoms with E-state index in [1.807, 2.05) is 59.1 Å². The largest absolute Gasteiger partial charge is 0.358 e.